The topological polar surface area (TPSA) is 49.4 Å². The number of benzene rings is 2. The molecular weight excluding hydrogens is 345 g/mol. The maximum atomic E-state index is 13.0. The molecule has 0 aliphatic heterocycles. The van der Waals surface area contributed by atoms with E-state index in [1.54, 1.807) is 0 Å². The van der Waals surface area contributed by atoms with Gasteiger partial charge in [-0.1, -0.05) is 42.5 Å². The summed E-state index contributed by atoms with van der Waals surface area (Å²) in [6.07, 6.45) is -4.02. The van der Waals surface area contributed by atoms with Crippen molar-refractivity contribution in [2.45, 2.75) is 19.5 Å². The van der Waals surface area contributed by atoms with Crippen LogP contribution in [0, 0.1) is 0 Å². The second-order valence-corrected chi connectivity index (χ2v) is 5.77. The molecule has 2 aromatic carbocycles. The van der Waals surface area contributed by atoms with E-state index in [0.717, 1.165) is 11.6 Å². The number of alkyl halides is 3. The maximum absolute atomic E-state index is 13.0. The molecular formula is C19H19F3N2O2. The summed E-state index contributed by atoms with van der Waals surface area (Å²) in [7, 11) is 0. The van der Waals surface area contributed by atoms with Gasteiger partial charge in [0, 0.05) is 13.5 Å². The normalized spacial score (nSPS) is 11.1. The van der Waals surface area contributed by atoms with E-state index in [1.807, 2.05) is 30.3 Å². The number of halogens is 3. The molecule has 0 bridgehead atoms. The summed E-state index contributed by atoms with van der Waals surface area (Å²) in [4.78, 5) is 25.2. The van der Waals surface area contributed by atoms with Crippen LogP contribution >= 0.6 is 0 Å². The van der Waals surface area contributed by atoms with Gasteiger partial charge in [0.15, 0.2) is 0 Å². The van der Waals surface area contributed by atoms with Gasteiger partial charge in [0.25, 0.3) is 0 Å². The highest BCUT2D eigenvalue weighted by molar-refractivity contribution is 5.95. The lowest BCUT2D eigenvalue weighted by atomic mass is 10.1. The SMILES string of the molecule is CC(=O)N(CCc1ccccc1)CC(=O)Nc1ccccc1C(F)(F)F. The van der Waals surface area contributed by atoms with Crippen molar-refractivity contribution in [3.63, 3.8) is 0 Å². The quantitative estimate of drug-likeness (QED) is 0.849. The summed E-state index contributed by atoms with van der Waals surface area (Å²) < 4.78 is 38.9. The molecule has 0 heterocycles. The number of nitrogens with one attached hydrogen (secondary N) is 1. The summed E-state index contributed by atoms with van der Waals surface area (Å²) >= 11 is 0. The molecule has 0 atom stereocenters. The zero-order valence-electron chi connectivity index (χ0n) is 14.2. The third kappa shape index (κ3) is 5.61. The van der Waals surface area contributed by atoms with Gasteiger partial charge in [0.05, 0.1) is 17.8 Å². The Morgan fingerprint density at radius 3 is 2.23 bits per heavy atom. The number of carbonyl (C=O) groups is 2. The highest BCUT2D eigenvalue weighted by Crippen LogP contribution is 2.34. The van der Waals surface area contributed by atoms with Gasteiger partial charge in [-0.25, -0.2) is 0 Å². The fraction of sp³-hybridized carbons (Fsp3) is 0.263. The van der Waals surface area contributed by atoms with E-state index in [4.69, 9.17) is 0 Å². The molecule has 2 aromatic rings. The van der Waals surface area contributed by atoms with E-state index in [1.165, 1.54) is 30.0 Å². The first-order valence-electron chi connectivity index (χ1n) is 8.03. The van der Waals surface area contributed by atoms with Crippen LogP contribution in [0.25, 0.3) is 0 Å². The van der Waals surface area contributed by atoms with Crippen LogP contribution in [0.2, 0.25) is 0 Å². The van der Waals surface area contributed by atoms with Crippen molar-refractivity contribution in [3.05, 3.63) is 65.7 Å². The third-order valence-corrected chi connectivity index (χ3v) is 3.80. The van der Waals surface area contributed by atoms with Gasteiger partial charge < -0.3 is 10.2 Å². The molecule has 0 unspecified atom stereocenters. The number of nitrogens with zero attached hydrogens (tertiary/aromatic N) is 1. The summed E-state index contributed by atoms with van der Waals surface area (Å²) in [5.74, 6) is -0.995. The van der Waals surface area contributed by atoms with Crippen LogP contribution in [-0.2, 0) is 22.2 Å². The lowest BCUT2D eigenvalue weighted by Gasteiger charge is -2.21. The molecule has 0 saturated heterocycles. The first-order valence-corrected chi connectivity index (χ1v) is 8.03. The molecule has 2 rings (SSSR count). The summed E-state index contributed by atoms with van der Waals surface area (Å²) in [5, 5.41) is 2.25. The highest BCUT2D eigenvalue weighted by Gasteiger charge is 2.33. The molecule has 7 heteroatoms. The van der Waals surface area contributed by atoms with Crippen molar-refractivity contribution in [2.24, 2.45) is 0 Å². The second-order valence-electron chi connectivity index (χ2n) is 5.77. The molecule has 4 nitrogen and oxygen atoms in total. The third-order valence-electron chi connectivity index (χ3n) is 3.80. The molecule has 1 N–H and O–H groups in total. The van der Waals surface area contributed by atoms with E-state index in [9.17, 15) is 22.8 Å². The van der Waals surface area contributed by atoms with Crippen LogP contribution < -0.4 is 5.32 Å². The summed E-state index contributed by atoms with van der Waals surface area (Å²) in [6.45, 7) is 1.31. The minimum absolute atomic E-state index is 0.299. The van der Waals surface area contributed by atoms with E-state index >= 15 is 0 Å². The first kappa shape index (κ1) is 19.5. The Balaban J connectivity index is 2.01. The monoisotopic (exact) mass is 364 g/mol. The van der Waals surface area contributed by atoms with Gasteiger partial charge >= 0.3 is 6.18 Å². The van der Waals surface area contributed by atoms with E-state index in [-0.39, 0.29) is 18.1 Å². The smallest absolute Gasteiger partial charge is 0.333 e. The number of rotatable bonds is 6. The molecule has 0 aliphatic carbocycles. The van der Waals surface area contributed by atoms with Crippen molar-refractivity contribution in [1.82, 2.24) is 4.90 Å². The fourth-order valence-electron chi connectivity index (χ4n) is 2.46. The average Bonchev–Trinajstić information content (AvgIpc) is 2.58. The number of amides is 2. The molecule has 0 aromatic heterocycles. The molecule has 26 heavy (non-hydrogen) atoms. The Kier molecular flexibility index (Phi) is 6.38. The van der Waals surface area contributed by atoms with Crippen molar-refractivity contribution < 1.29 is 22.8 Å². The van der Waals surface area contributed by atoms with E-state index in [2.05, 4.69) is 5.32 Å². The van der Waals surface area contributed by atoms with Crippen LogP contribution in [0.4, 0.5) is 18.9 Å². The second kappa shape index (κ2) is 8.51. The van der Waals surface area contributed by atoms with Crippen molar-refractivity contribution in [1.29, 1.82) is 0 Å². The first-order chi connectivity index (χ1) is 12.3. The minimum atomic E-state index is -4.57. The molecule has 0 radical (unpaired) electrons. The fourth-order valence-corrected chi connectivity index (χ4v) is 2.46. The van der Waals surface area contributed by atoms with Gasteiger partial charge in [-0.3, -0.25) is 9.59 Å². The Morgan fingerprint density at radius 1 is 1.00 bits per heavy atom. The zero-order chi connectivity index (χ0) is 19.2. The van der Waals surface area contributed by atoms with Gasteiger partial charge in [-0.15, -0.1) is 0 Å². The van der Waals surface area contributed by atoms with Crippen LogP contribution in [0.1, 0.15) is 18.1 Å². The van der Waals surface area contributed by atoms with Gasteiger partial charge in [0.1, 0.15) is 0 Å². The Hall–Kier alpha value is -2.83. The predicted octanol–water partition coefficient (Wildman–Crippen LogP) is 3.74. The van der Waals surface area contributed by atoms with Gasteiger partial charge in [-0.05, 0) is 24.1 Å². The Bertz CT molecular complexity index is 761. The molecule has 2 amide bonds. The standard InChI is InChI=1S/C19H19F3N2O2/c1-14(25)24(12-11-15-7-3-2-4-8-15)13-18(26)23-17-10-6-5-9-16(17)19(20,21)22/h2-10H,11-13H2,1H3,(H,23,26). The minimum Gasteiger partial charge on any atom is -0.333 e. The number of anilines is 1. The molecule has 0 saturated carbocycles. The molecule has 0 aliphatic rings. The number of hydrogen-bond donors (Lipinski definition) is 1. The maximum Gasteiger partial charge on any atom is 0.418 e. The molecule has 0 spiro atoms. The largest absolute Gasteiger partial charge is 0.418 e. The van der Waals surface area contributed by atoms with Crippen LogP contribution in [-0.4, -0.2) is 29.8 Å². The van der Waals surface area contributed by atoms with Crippen molar-refractivity contribution >= 4 is 17.5 Å². The van der Waals surface area contributed by atoms with Crippen molar-refractivity contribution in [3.8, 4) is 0 Å². The molecule has 138 valence electrons. The van der Waals surface area contributed by atoms with E-state index < -0.39 is 17.6 Å². The lowest BCUT2D eigenvalue weighted by Crippen LogP contribution is -2.38. The summed E-state index contributed by atoms with van der Waals surface area (Å²) in [5.41, 5.74) is -0.245. The Morgan fingerprint density at radius 2 is 1.62 bits per heavy atom. The van der Waals surface area contributed by atoms with Gasteiger partial charge in [-0.2, -0.15) is 13.2 Å². The Labute approximate surface area is 149 Å². The summed E-state index contributed by atoms with van der Waals surface area (Å²) in [6, 6.07) is 14.1. The average molecular weight is 364 g/mol. The number of para-hydroxylation sites is 1. The van der Waals surface area contributed by atoms with Crippen LogP contribution in [0.15, 0.2) is 54.6 Å². The predicted molar refractivity (Wildman–Crippen MR) is 92.5 cm³/mol. The highest BCUT2D eigenvalue weighted by atomic mass is 19.4. The number of carbonyl (C=O) groups excluding carboxylic acids is 2. The zero-order valence-corrected chi connectivity index (χ0v) is 14.2. The van der Waals surface area contributed by atoms with Crippen molar-refractivity contribution in [2.75, 3.05) is 18.4 Å². The van der Waals surface area contributed by atoms with Crippen LogP contribution in [0.5, 0.6) is 0 Å². The van der Waals surface area contributed by atoms with Gasteiger partial charge in [0.2, 0.25) is 11.8 Å². The molecule has 0 fully saturated rings. The van der Waals surface area contributed by atoms with E-state index in [0.29, 0.717) is 13.0 Å². The van der Waals surface area contributed by atoms with Crippen LogP contribution in [0.3, 0.4) is 0 Å². The lowest BCUT2D eigenvalue weighted by molar-refractivity contribution is -0.137. The number of hydrogen-bond acceptors (Lipinski definition) is 2.